The van der Waals surface area contributed by atoms with Gasteiger partial charge in [-0.25, -0.2) is 0 Å². The van der Waals surface area contributed by atoms with E-state index < -0.39 is 5.97 Å². The Morgan fingerprint density at radius 2 is 1.87 bits per heavy atom. The van der Waals surface area contributed by atoms with Gasteiger partial charge in [-0.05, 0) is 42.7 Å². The fourth-order valence-electron chi connectivity index (χ4n) is 2.32. The largest absolute Gasteiger partial charge is 0.550 e. The summed E-state index contributed by atoms with van der Waals surface area (Å²) >= 11 is 0. The third-order valence-corrected chi connectivity index (χ3v) is 3.63. The maximum absolute atomic E-state index is 10.8. The molecule has 0 aliphatic heterocycles. The molecule has 118 valence electrons. The van der Waals surface area contributed by atoms with Crippen LogP contribution in [0.5, 0.6) is 5.75 Å². The maximum atomic E-state index is 10.8. The molecule has 2 aromatic carbocycles. The van der Waals surface area contributed by atoms with E-state index >= 15 is 0 Å². The molecule has 0 saturated heterocycles. The monoisotopic (exact) mass is 307 g/mol. The van der Waals surface area contributed by atoms with E-state index in [1.807, 2.05) is 42.5 Å². The SMILES string of the molecule is CC#C[C@H](CC(=O)[O-])c1ccc(OCc2ccccc2C)cc1. The average Bonchev–Trinajstić information content (AvgIpc) is 2.54. The summed E-state index contributed by atoms with van der Waals surface area (Å²) in [5, 5.41) is 10.8. The predicted octanol–water partition coefficient (Wildman–Crippen LogP) is 2.82. The van der Waals surface area contributed by atoms with Gasteiger partial charge in [-0.3, -0.25) is 0 Å². The Morgan fingerprint density at radius 1 is 1.17 bits per heavy atom. The summed E-state index contributed by atoms with van der Waals surface area (Å²) in [5.74, 6) is 4.96. The Bertz CT molecular complexity index is 721. The number of ether oxygens (including phenoxy) is 1. The quantitative estimate of drug-likeness (QED) is 0.771. The molecule has 0 aromatic heterocycles. The van der Waals surface area contributed by atoms with Gasteiger partial charge in [0.2, 0.25) is 0 Å². The van der Waals surface area contributed by atoms with Crippen LogP contribution in [0.15, 0.2) is 48.5 Å². The van der Waals surface area contributed by atoms with Crippen molar-refractivity contribution in [1.29, 1.82) is 0 Å². The Kier molecular flexibility index (Phi) is 5.82. The minimum Gasteiger partial charge on any atom is -0.550 e. The zero-order valence-corrected chi connectivity index (χ0v) is 13.3. The molecule has 0 fully saturated rings. The van der Waals surface area contributed by atoms with E-state index in [-0.39, 0.29) is 12.3 Å². The molecule has 1 atom stereocenters. The molecule has 2 rings (SSSR count). The third kappa shape index (κ3) is 4.89. The van der Waals surface area contributed by atoms with Crippen molar-refractivity contribution in [3.05, 3.63) is 65.2 Å². The van der Waals surface area contributed by atoms with Crippen LogP contribution < -0.4 is 9.84 Å². The summed E-state index contributed by atoms with van der Waals surface area (Å²) in [5.41, 5.74) is 3.19. The molecule has 3 nitrogen and oxygen atoms in total. The van der Waals surface area contributed by atoms with Gasteiger partial charge in [0.05, 0.1) is 5.92 Å². The summed E-state index contributed by atoms with van der Waals surface area (Å²) in [7, 11) is 0. The number of carboxylic acids is 1. The minimum absolute atomic E-state index is 0.107. The van der Waals surface area contributed by atoms with Crippen LogP contribution in [0.3, 0.4) is 0 Å². The lowest BCUT2D eigenvalue weighted by atomic mass is 9.96. The van der Waals surface area contributed by atoms with Gasteiger partial charge < -0.3 is 14.6 Å². The fraction of sp³-hybridized carbons (Fsp3) is 0.250. The second kappa shape index (κ2) is 8.05. The zero-order valence-electron chi connectivity index (χ0n) is 13.3. The van der Waals surface area contributed by atoms with Gasteiger partial charge in [-0.2, -0.15) is 0 Å². The highest BCUT2D eigenvalue weighted by atomic mass is 16.5. The number of carboxylic acid groups (broad SMARTS) is 1. The summed E-state index contributed by atoms with van der Waals surface area (Å²) in [6.07, 6.45) is -0.107. The van der Waals surface area contributed by atoms with Crippen molar-refractivity contribution in [1.82, 2.24) is 0 Å². The molecule has 0 aliphatic carbocycles. The molecule has 2 aromatic rings. The first kappa shape index (κ1) is 16.6. The number of aryl methyl sites for hydroxylation is 1. The highest BCUT2D eigenvalue weighted by molar-refractivity contribution is 5.66. The first-order valence-corrected chi connectivity index (χ1v) is 7.49. The van der Waals surface area contributed by atoms with Gasteiger partial charge in [-0.1, -0.05) is 42.3 Å². The van der Waals surface area contributed by atoms with Crippen molar-refractivity contribution in [3.63, 3.8) is 0 Å². The molecular weight excluding hydrogens is 288 g/mol. The molecular formula is C20H19O3-. The van der Waals surface area contributed by atoms with Crippen LogP contribution in [0.4, 0.5) is 0 Å². The van der Waals surface area contributed by atoms with Crippen LogP contribution in [0.25, 0.3) is 0 Å². The molecule has 0 N–H and O–H groups in total. The van der Waals surface area contributed by atoms with Gasteiger partial charge in [0, 0.05) is 12.4 Å². The molecule has 0 heterocycles. The molecule has 0 amide bonds. The molecule has 0 aliphatic rings. The third-order valence-electron chi connectivity index (χ3n) is 3.63. The van der Waals surface area contributed by atoms with Crippen molar-refractivity contribution in [2.75, 3.05) is 0 Å². The molecule has 23 heavy (non-hydrogen) atoms. The average molecular weight is 307 g/mol. The number of carbonyl (C=O) groups is 1. The highest BCUT2D eigenvalue weighted by Gasteiger charge is 2.09. The van der Waals surface area contributed by atoms with Crippen molar-refractivity contribution in [2.24, 2.45) is 0 Å². The molecule has 0 radical (unpaired) electrons. The lowest BCUT2D eigenvalue weighted by molar-refractivity contribution is -0.305. The molecule has 0 spiro atoms. The Morgan fingerprint density at radius 3 is 2.48 bits per heavy atom. The van der Waals surface area contributed by atoms with Crippen LogP contribution in [-0.2, 0) is 11.4 Å². The molecule has 0 unspecified atom stereocenters. The van der Waals surface area contributed by atoms with Gasteiger partial charge in [0.15, 0.2) is 0 Å². The number of hydrogen-bond acceptors (Lipinski definition) is 3. The second-order valence-corrected chi connectivity index (χ2v) is 5.31. The Hall–Kier alpha value is -2.73. The van der Waals surface area contributed by atoms with Crippen molar-refractivity contribution < 1.29 is 14.6 Å². The number of aliphatic carboxylic acids is 1. The maximum Gasteiger partial charge on any atom is 0.119 e. The van der Waals surface area contributed by atoms with Crippen LogP contribution >= 0.6 is 0 Å². The first-order valence-electron chi connectivity index (χ1n) is 7.49. The lowest BCUT2D eigenvalue weighted by Gasteiger charge is -2.13. The Balaban J connectivity index is 2.04. The molecule has 0 bridgehead atoms. The topological polar surface area (TPSA) is 49.4 Å². The fourth-order valence-corrected chi connectivity index (χ4v) is 2.32. The van der Waals surface area contributed by atoms with Crippen LogP contribution in [0, 0.1) is 18.8 Å². The Labute approximate surface area is 136 Å². The number of hydrogen-bond donors (Lipinski definition) is 0. The van der Waals surface area contributed by atoms with Crippen LogP contribution in [-0.4, -0.2) is 5.97 Å². The standard InChI is InChI=1S/C20H20O3/c1-3-6-17(13-20(21)22)16-9-11-19(12-10-16)23-14-18-8-5-4-7-15(18)2/h4-5,7-12,17H,13-14H2,1-2H3,(H,21,22)/p-1/t17-/m1/s1. The van der Waals surface area contributed by atoms with Gasteiger partial charge in [0.25, 0.3) is 0 Å². The van der Waals surface area contributed by atoms with E-state index in [0.717, 1.165) is 16.9 Å². The van der Waals surface area contributed by atoms with Gasteiger partial charge >= 0.3 is 0 Å². The van der Waals surface area contributed by atoms with E-state index in [1.165, 1.54) is 5.56 Å². The predicted molar refractivity (Wildman–Crippen MR) is 87.8 cm³/mol. The number of rotatable bonds is 6. The normalized spacial score (nSPS) is 11.2. The van der Waals surface area contributed by atoms with E-state index in [2.05, 4.69) is 24.8 Å². The lowest BCUT2D eigenvalue weighted by Crippen LogP contribution is -2.24. The van der Waals surface area contributed by atoms with Gasteiger partial charge in [-0.15, -0.1) is 5.92 Å². The van der Waals surface area contributed by atoms with Gasteiger partial charge in [0.1, 0.15) is 12.4 Å². The molecule has 3 heteroatoms. The van der Waals surface area contributed by atoms with Crippen molar-refractivity contribution in [2.45, 2.75) is 32.8 Å². The second-order valence-electron chi connectivity index (χ2n) is 5.31. The molecule has 0 saturated carbocycles. The van der Waals surface area contributed by atoms with E-state index in [0.29, 0.717) is 6.61 Å². The summed E-state index contributed by atoms with van der Waals surface area (Å²) in [4.78, 5) is 10.8. The number of benzene rings is 2. The van der Waals surface area contributed by atoms with Crippen molar-refractivity contribution >= 4 is 5.97 Å². The smallest absolute Gasteiger partial charge is 0.119 e. The van der Waals surface area contributed by atoms with E-state index in [1.54, 1.807) is 6.92 Å². The van der Waals surface area contributed by atoms with E-state index in [4.69, 9.17) is 4.74 Å². The summed E-state index contributed by atoms with van der Waals surface area (Å²) < 4.78 is 5.78. The highest BCUT2D eigenvalue weighted by Crippen LogP contribution is 2.22. The number of carbonyl (C=O) groups excluding carboxylic acids is 1. The summed E-state index contributed by atoms with van der Waals surface area (Å²) in [6, 6.07) is 15.5. The first-order chi connectivity index (χ1) is 11.1. The van der Waals surface area contributed by atoms with Crippen LogP contribution in [0.2, 0.25) is 0 Å². The van der Waals surface area contributed by atoms with Crippen LogP contribution in [0.1, 0.15) is 36.0 Å². The van der Waals surface area contributed by atoms with Crippen molar-refractivity contribution in [3.8, 4) is 17.6 Å². The zero-order chi connectivity index (χ0) is 16.7. The van der Waals surface area contributed by atoms with E-state index in [9.17, 15) is 9.90 Å². The summed E-state index contributed by atoms with van der Waals surface area (Å²) in [6.45, 7) is 4.25. The minimum atomic E-state index is -1.10.